The van der Waals surface area contributed by atoms with Gasteiger partial charge >= 0.3 is 118 Å². The molecule has 0 bridgehead atoms. The standard InChI is InChI=1S/C32H44N12O16S4.4Na/c45-11-15-59-13-7-33-27-39-29(35-9-17-61(47,48)49)43-31(41-27)37-23-5-3-21(25(19-23)63(53,54)55)1-2-22-4-6-24(20-26(22)64(56,57)58)38-32-42-28(34-8-14-60-16-12-46)40-30(44-32)36-10-18-62(50,51)52;;;;/h1-6,19-20,45-46H,7-18H2,(H,47,48,49)(H,50,51,52)(H,53,54,55)(H,56,57,58)(H3,33,35,37,39,41,43)(H3,34,36,38,40,42,44);;;;/q;4*+1/p-4. The van der Waals surface area contributed by atoms with Crippen LogP contribution in [-0.2, 0) is 49.9 Å². The summed E-state index contributed by atoms with van der Waals surface area (Å²) in [6.07, 6.45) is 2.13. The third-order valence-corrected chi connectivity index (χ3v) is 10.8. The number of hydrogen-bond donors (Lipinski definition) is 8. The van der Waals surface area contributed by atoms with E-state index in [0.717, 1.165) is 24.3 Å². The fourth-order valence-corrected chi connectivity index (χ4v) is 7.03. The van der Waals surface area contributed by atoms with Gasteiger partial charge in [0.2, 0.25) is 35.7 Å². The smallest absolute Gasteiger partial charge is 0.748 e. The van der Waals surface area contributed by atoms with Crippen LogP contribution in [0, 0.1) is 0 Å². The number of benzene rings is 2. The molecule has 28 nitrogen and oxygen atoms in total. The number of aliphatic hydroxyl groups is 2. The fraction of sp³-hybridized carbons (Fsp3) is 0.375. The normalized spacial score (nSPS) is 11.6. The van der Waals surface area contributed by atoms with E-state index in [0.29, 0.717) is 0 Å². The molecule has 0 atom stereocenters. The largest absolute Gasteiger partial charge is 1.00 e. The molecule has 0 amide bonds. The maximum atomic E-state index is 12.4. The second-order valence-electron chi connectivity index (χ2n) is 12.5. The summed E-state index contributed by atoms with van der Waals surface area (Å²) in [5.74, 6) is -2.69. The third-order valence-electron chi connectivity index (χ3n) is 7.59. The van der Waals surface area contributed by atoms with Crippen molar-refractivity contribution in [1.82, 2.24) is 29.9 Å². The number of nitrogens with zero attached hydrogens (tertiary/aromatic N) is 6. The first kappa shape index (κ1) is 66.5. The van der Waals surface area contributed by atoms with Crippen LogP contribution in [0.25, 0.3) is 12.2 Å². The van der Waals surface area contributed by atoms with Gasteiger partial charge in [0.15, 0.2) is 0 Å². The Labute approximate surface area is 480 Å². The Balaban J connectivity index is 0.0000112. The van der Waals surface area contributed by atoms with E-state index in [9.17, 15) is 51.9 Å². The number of aromatic nitrogens is 6. The SMILES string of the molecule is O=S(=O)([O-])CCNc1nc(NCCOCCO)nc(Nc2ccc(C=Cc3ccc(Nc4nc(NCCOCCO)nc(NCCS(=O)(=O)[O-])n4)cc3S(=O)(=O)[O-])c(S(=O)(=O)[O-])c2)n1.[Na+].[Na+].[Na+].[Na+]. The van der Waals surface area contributed by atoms with Crippen molar-refractivity contribution < 1.29 is 190 Å². The van der Waals surface area contributed by atoms with Crippen molar-refractivity contribution in [3.63, 3.8) is 0 Å². The Kier molecular flexibility index (Phi) is 31.1. The van der Waals surface area contributed by atoms with Gasteiger partial charge in [-0.3, -0.25) is 0 Å². The van der Waals surface area contributed by atoms with Gasteiger partial charge in [-0.25, -0.2) is 33.7 Å². The maximum absolute atomic E-state index is 12.4. The van der Waals surface area contributed by atoms with Crippen LogP contribution in [-0.4, -0.2) is 169 Å². The Morgan fingerprint density at radius 3 is 1.07 bits per heavy atom. The number of rotatable bonds is 28. The predicted octanol–water partition coefficient (Wildman–Crippen LogP) is -13.7. The molecule has 2 heterocycles. The predicted molar refractivity (Wildman–Crippen MR) is 223 cm³/mol. The van der Waals surface area contributed by atoms with Crippen LogP contribution in [0.5, 0.6) is 0 Å². The van der Waals surface area contributed by atoms with Crippen LogP contribution in [0.2, 0.25) is 0 Å². The molecule has 0 aliphatic heterocycles. The van der Waals surface area contributed by atoms with Gasteiger partial charge in [-0.1, -0.05) is 24.3 Å². The molecule has 0 fully saturated rings. The number of ether oxygens (including phenoxy) is 2. The zero-order valence-electron chi connectivity index (χ0n) is 37.0. The first-order chi connectivity index (χ1) is 30.1. The molecule has 2 aromatic carbocycles. The Morgan fingerprint density at radius 1 is 0.471 bits per heavy atom. The average molecular weight is 1070 g/mol. The third kappa shape index (κ3) is 25.2. The molecule has 68 heavy (non-hydrogen) atoms. The summed E-state index contributed by atoms with van der Waals surface area (Å²) in [5.41, 5.74) is -0.588. The summed E-state index contributed by atoms with van der Waals surface area (Å²) in [4.78, 5) is 23.0. The van der Waals surface area contributed by atoms with E-state index in [1.807, 2.05) is 0 Å². The molecule has 8 N–H and O–H groups in total. The molecule has 0 saturated heterocycles. The number of anilines is 8. The van der Waals surface area contributed by atoms with Gasteiger partial charge in [-0.05, 0) is 35.4 Å². The second kappa shape index (κ2) is 31.8. The first-order valence-corrected chi connectivity index (χ1v) is 24.2. The molecule has 4 aromatic rings. The minimum atomic E-state index is -5.24. The summed E-state index contributed by atoms with van der Waals surface area (Å²) in [5, 5.41) is 33.9. The zero-order chi connectivity index (χ0) is 47.0. The first-order valence-electron chi connectivity index (χ1n) is 18.3. The van der Waals surface area contributed by atoms with Gasteiger partial charge in [0.1, 0.15) is 20.2 Å². The molecular weight excluding hydrogens is 1030 g/mol. The van der Waals surface area contributed by atoms with Gasteiger partial charge in [0.25, 0.3) is 0 Å². The van der Waals surface area contributed by atoms with Gasteiger partial charge in [0.05, 0.1) is 81.2 Å². The van der Waals surface area contributed by atoms with Crippen LogP contribution >= 0.6 is 0 Å². The van der Waals surface area contributed by atoms with Gasteiger partial charge in [0, 0.05) is 37.6 Å². The molecule has 0 unspecified atom stereocenters. The van der Waals surface area contributed by atoms with E-state index in [2.05, 4.69) is 61.8 Å². The fourth-order valence-electron chi connectivity index (χ4n) is 4.93. The van der Waals surface area contributed by atoms with Crippen LogP contribution < -0.4 is 150 Å². The van der Waals surface area contributed by atoms with Crippen LogP contribution in [0.4, 0.5) is 47.1 Å². The summed E-state index contributed by atoms with van der Waals surface area (Å²) in [6.45, 7) is -0.596. The summed E-state index contributed by atoms with van der Waals surface area (Å²) >= 11 is 0. The molecule has 0 radical (unpaired) electrons. The van der Waals surface area contributed by atoms with Gasteiger partial charge in [-0.15, -0.1) is 0 Å². The van der Waals surface area contributed by atoms with Crippen molar-refractivity contribution in [3.05, 3.63) is 47.5 Å². The second-order valence-corrected chi connectivity index (χ2v) is 18.3. The summed E-state index contributed by atoms with van der Waals surface area (Å²) in [7, 11) is -19.7. The molecule has 0 saturated carbocycles. The van der Waals surface area contributed by atoms with E-state index in [4.69, 9.17) is 19.7 Å². The van der Waals surface area contributed by atoms with Gasteiger partial charge in [-0.2, -0.15) is 29.9 Å². The van der Waals surface area contributed by atoms with Crippen LogP contribution in [0.3, 0.4) is 0 Å². The van der Waals surface area contributed by atoms with E-state index >= 15 is 0 Å². The number of aliphatic hydroxyl groups excluding tert-OH is 2. The van der Waals surface area contributed by atoms with E-state index < -0.39 is 61.8 Å². The van der Waals surface area contributed by atoms with Crippen molar-refractivity contribution in [3.8, 4) is 0 Å². The molecular formula is C32H40N12Na4O16S4. The minimum Gasteiger partial charge on any atom is -0.748 e. The van der Waals surface area contributed by atoms with E-state index in [1.165, 1.54) is 24.3 Å². The average Bonchev–Trinajstić information content (AvgIpc) is 3.19. The number of nitrogens with one attached hydrogen (secondary N) is 6. The molecule has 0 aliphatic carbocycles. The maximum Gasteiger partial charge on any atom is 1.00 e. The van der Waals surface area contributed by atoms with E-state index in [-0.39, 0.29) is 242 Å². The van der Waals surface area contributed by atoms with Crippen LogP contribution in [0.1, 0.15) is 11.1 Å². The summed E-state index contributed by atoms with van der Waals surface area (Å²) < 4.78 is 151. The van der Waals surface area contributed by atoms with Crippen molar-refractivity contribution in [2.45, 2.75) is 9.79 Å². The van der Waals surface area contributed by atoms with Crippen molar-refractivity contribution in [1.29, 1.82) is 0 Å². The van der Waals surface area contributed by atoms with Crippen LogP contribution in [0.15, 0.2) is 46.2 Å². The summed E-state index contributed by atoms with van der Waals surface area (Å²) in [6, 6.07) is 6.77. The number of hydrogen-bond acceptors (Lipinski definition) is 28. The molecule has 352 valence electrons. The molecule has 36 heteroatoms. The van der Waals surface area contributed by atoms with Crippen molar-refractivity contribution in [2.24, 2.45) is 0 Å². The molecule has 4 rings (SSSR count). The van der Waals surface area contributed by atoms with E-state index in [1.54, 1.807) is 0 Å². The Morgan fingerprint density at radius 2 is 0.779 bits per heavy atom. The Bertz CT molecular complexity index is 2540. The zero-order valence-corrected chi connectivity index (χ0v) is 48.3. The minimum absolute atomic E-state index is 0. The molecule has 0 aliphatic rings. The molecule has 2 aromatic heterocycles. The topological polar surface area (TPSA) is 437 Å². The molecule has 0 spiro atoms. The van der Waals surface area contributed by atoms with Crippen molar-refractivity contribution >= 4 is 99.7 Å². The quantitative estimate of drug-likeness (QED) is 0.0113. The Hall–Kier alpha value is -1.52. The monoisotopic (exact) mass is 1070 g/mol. The van der Waals surface area contributed by atoms with Crippen molar-refractivity contribution in [2.75, 3.05) is 109 Å². The van der Waals surface area contributed by atoms with Gasteiger partial charge < -0.3 is 69.8 Å².